The van der Waals surface area contributed by atoms with Crippen molar-refractivity contribution >= 4 is 16.9 Å². The van der Waals surface area contributed by atoms with Crippen molar-refractivity contribution in [2.45, 2.75) is 38.0 Å². The predicted octanol–water partition coefficient (Wildman–Crippen LogP) is 4.58. The van der Waals surface area contributed by atoms with Crippen LogP contribution in [0.2, 0.25) is 0 Å². The van der Waals surface area contributed by atoms with Gasteiger partial charge in [-0.05, 0) is 42.7 Å². The van der Waals surface area contributed by atoms with E-state index in [0.29, 0.717) is 36.8 Å². The van der Waals surface area contributed by atoms with Crippen LogP contribution in [0.1, 0.15) is 36.7 Å². The highest BCUT2D eigenvalue weighted by Crippen LogP contribution is 2.38. The fraction of sp³-hybridized carbons (Fsp3) is 0.391. The summed E-state index contributed by atoms with van der Waals surface area (Å²) in [6.45, 7) is 1.21. The summed E-state index contributed by atoms with van der Waals surface area (Å²) in [7, 11) is 0. The van der Waals surface area contributed by atoms with E-state index < -0.39 is 18.5 Å². The van der Waals surface area contributed by atoms with E-state index in [4.69, 9.17) is 9.47 Å². The number of hydrogen-bond acceptors (Lipinski definition) is 4. The summed E-state index contributed by atoms with van der Waals surface area (Å²) in [5.74, 6) is -0.118. The highest BCUT2D eigenvalue weighted by atomic mass is 19.4. The van der Waals surface area contributed by atoms with Crippen LogP contribution in [0.5, 0.6) is 11.5 Å². The molecular weight excluding hydrogens is 423 g/mol. The first-order valence-corrected chi connectivity index (χ1v) is 10.6. The minimum absolute atomic E-state index is 0.216. The van der Waals surface area contributed by atoms with Gasteiger partial charge < -0.3 is 18.9 Å². The second-order valence-electron chi connectivity index (χ2n) is 8.01. The largest absolute Gasteiger partial charge is 0.490 e. The number of rotatable bonds is 3. The highest BCUT2D eigenvalue weighted by Gasteiger charge is 2.39. The van der Waals surface area contributed by atoms with E-state index in [1.165, 1.54) is 6.07 Å². The molecule has 1 saturated heterocycles. The van der Waals surface area contributed by atoms with Gasteiger partial charge in [-0.3, -0.25) is 4.79 Å². The monoisotopic (exact) mass is 445 g/mol. The lowest BCUT2D eigenvalue weighted by atomic mass is 10.0. The fourth-order valence-electron chi connectivity index (χ4n) is 4.48. The lowest BCUT2D eigenvalue weighted by Crippen LogP contribution is -2.34. The summed E-state index contributed by atoms with van der Waals surface area (Å²) in [5.41, 5.74) is 1.40. The molecule has 168 valence electrons. The van der Waals surface area contributed by atoms with Crippen molar-refractivity contribution in [1.29, 1.82) is 0 Å². The molecule has 0 bridgehead atoms. The standard InChI is InChI=1S/C23H22F3N3O3/c24-23(25,26)22-27-16-5-1-2-6-18(16)29(22)14-21(30)28-10-3-7-17(28)15-8-9-19-20(13-15)32-12-4-11-31-19/h1-2,5-6,8-9,13,17H,3-4,7,10-12,14H2. The van der Waals surface area contributed by atoms with Gasteiger partial charge in [0.2, 0.25) is 11.7 Å². The number of amides is 1. The van der Waals surface area contributed by atoms with Crippen molar-refractivity contribution in [3.05, 3.63) is 53.9 Å². The Morgan fingerprint density at radius 1 is 1.06 bits per heavy atom. The normalized spacial score (nSPS) is 18.7. The van der Waals surface area contributed by atoms with E-state index in [1.807, 2.05) is 18.2 Å². The summed E-state index contributed by atoms with van der Waals surface area (Å²) >= 11 is 0. The summed E-state index contributed by atoms with van der Waals surface area (Å²) in [4.78, 5) is 18.6. The van der Waals surface area contributed by atoms with Gasteiger partial charge in [0.1, 0.15) is 6.54 Å². The van der Waals surface area contributed by atoms with Gasteiger partial charge in [0.05, 0.1) is 30.3 Å². The van der Waals surface area contributed by atoms with Crippen LogP contribution in [0.3, 0.4) is 0 Å². The van der Waals surface area contributed by atoms with Crippen LogP contribution < -0.4 is 9.47 Å². The fourth-order valence-corrected chi connectivity index (χ4v) is 4.48. The quantitative estimate of drug-likeness (QED) is 0.592. The van der Waals surface area contributed by atoms with Crippen molar-refractivity contribution in [3.8, 4) is 11.5 Å². The molecule has 5 rings (SSSR count). The van der Waals surface area contributed by atoms with Crippen LogP contribution >= 0.6 is 0 Å². The van der Waals surface area contributed by atoms with E-state index in [2.05, 4.69) is 4.98 Å². The van der Waals surface area contributed by atoms with Crippen molar-refractivity contribution in [2.24, 2.45) is 0 Å². The van der Waals surface area contributed by atoms with Gasteiger partial charge in [-0.1, -0.05) is 18.2 Å². The lowest BCUT2D eigenvalue weighted by Gasteiger charge is -2.26. The molecule has 0 aliphatic carbocycles. The first-order chi connectivity index (χ1) is 15.4. The third-order valence-electron chi connectivity index (χ3n) is 5.93. The second kappa shape index (κ2) is 8.03. The van der Waals surface area contributed by atoms with E-state index in [-0.39, 0.29) is 17.5 Å². The molecule has 6 nitrogen and oxygen atoms in total. The molecule has 0 radical (unpaired) electrons. The number of fused-ring (bicyclic) bond motifs is 2. The molecule has 2 aromatic carbocycles. The van der Waals surface area contributed by atoms with Gasteiger partial charge in [-0.2, -0.15) is 13.2 Å². The maximum Gasteiger partial charge on any atom is 0.449 e. The molecule has 0 N–H and O–H groups in total. The number of aromatic nitrogens is 2. The second-order valence-corrected chi connectivity index (χ2v) is 8.01. The molecule has 1 aromatic heterocycles. The minimum Gasteiger partial charge on any atom is -0.490 e. The van der Waals surface area contributed by atoms with Gasteiger partial charge in [-0.15, -0.1) is 0 Å². The number of hydrogen-bond donors (Lipinski definition) is 0. The molecule has 3 heterocycles. The Bertz CT molecular complexity index is 1160. The average molecular weight is 445 g/mol. The number of imidazole rings is 1. The Morgan fingerprint density at radius 2 is 1.84 bits per heavy atom. The van der Waals surface area contributed by atoms with Gasteiger partial charge in [0, 0.05) is 13.0 Å². The van der Waals surface area contributed by atoms with Crippen LogP contribution in [0.25, 0.3) is 11.0 Å². The van der Waals surface area contributed by atoms with Crippen molar-refractivity contribution in [2.75, 3.05) is 19.8 Å². The lowest BCUT2D eigenvalue weighted by molar-refractivity contribution is -0.148. The first kappa shape index (κ1) is 20.7. The van der Waals surface area contributed by atoms with E-state index in [1.54, 1.807) is 23.1 Å². The first-order valence-electron chi connectivity index (χ1n) is 10.6. The van der Waals surface area contributed by atoms with Crippen LogP contribution in [-0.2, 0) is 17.5 Å². The highest BCUT2D eigenvalue weighted by molar-refractivity contribution is 5.81. The molecule has 32 heavy (non-hydrogen) atoms. The summed E-state index contributed by atoms with van der Waals surface area (Å²) in [6, 6.07) is 11.7. The summed E-state index contributed by atoms with van der Waals surface area (Å²) in [5, 5.41) is 0. The van der Waals surface area contributed by atoms with Gasteiger partial charge >= 0.3 is 6.18 Å². The number of ether oxygens (including phenoxy) is 2. The van der Waals surface area contributed by atoms with Crippen molar-refractivity contribution in [3.63, 3.8) is 0 Å². The topological polar surface area (TPSA) is 56.6 Å². The Balaban J connectivity index is 1.44. The smallest absolute Gasteiger partial charge is 0.449 e. The molecule has 0 spiro atoms. The number of likely N-dealkylation sites (tertiary alicyclic amines) is 1. The van der Waals surface area contributed by atoms with E-state index in [0.717, 1.165) is 29.4 Å². The zero-order valence-corrected chi connectivity index (χ0v) is 17.3. The molecule has 1 unspecified atom stereocenters. The third-order valence-corrected chi connectivity index (χ3v) is 5.93. The zero-order chi connectivity index (χ0) is 22.3. The van der Waals surface area contributed by atoms with Crippen LogP contribution in [0, 0.1) is 0 Å². The number of carbonyl (C=O) groups excluding carboxylic acids is 1. The Morgan fingerprint density at radius 3 is 2.66 bits per heavy atom. The number of benzene rings is 2. The molecule has 0 saturated carbocycles. The number of halogens is 3. The molecule has 9 heteroatoms. The molecule has 2 aliphatic rings. The molecule has 3 aromatic rings. The number of carbonyl (C=O) groups is 1. The minimum atomic E-state index is -4.65. The SMILES string of the molecule is O=C(Cn1c(C(F)(F)F)nc2ccccc21)N1CCCC1c1ccc2c(c1)OCCCO2. The Kier molecular flexibility index (Phi) is 5.19. The maximum absolute atomic E-state index is 13.6. The zero-order valence-electron chi connectivity index (χ0n) is 17.3. The predicted molar refractivity (Wildman–Crippen MR) is 110 cm³/mol. The molecular formula is C23H22F3N3O3. The maximum atomic E-state index is 13.6. The van der Waals surface area contributed by atoms with E-state index in [9.17, 15) is 18.0 Å². The van der Waals surface area contributed by atoms with Crippen molar-refractivity contribution in [1.82, 2.24) is 14.5 Å². The van der Waals surface area contributed by atoms with E-state index >= 15 is 0 Å². The van der Waals surface area contributed by atoms with Gasteiger partial charge in [-0.25, -0.2) is 4.98 Å². The van der Waals surface area contributed by atoms with Gasteiger partial charge in [0.25, 0.3) is 0 Å². The summed E-state index contributed by atoms with van der Waals surface area (Å²) in [6.07, 6.45) is -2.35. The van der Waals surface area contributed by atoms with Gasteiger partial charge in [0.15, 0.2) is 11.5 Å². The Labute approximate surface area is 182 Å². The summed E-state index contributed by atoms with van der Waals surface area (Å²) < 4.78 is 53.3. The number of alkyl halides is 3. The molecule has 2 aliphatic heterocycles. The third kappa shape index (κ3) is 3.76. The molecule has 1 atom stereocenters. The number of nitrogens with zero attached hydrogens (tertiary/aromatic N) is 3. The van der Waals surface area contributed by atoms with Crippen molar-refractivity contribution < 1.29 is 27.4 Å². The molecule has 1 fully saturated rings. The van der Waals surface area contributed by atoms with Crippen LogP contribution in [0.15, 0.2) is 42.5 Å². The molecule has 1 amide bonds. The average Bonchev–Trinajstić information content (AvgIpc) is 3.32. The van der Waals surface area contributed by atoms with Crippen LogP contribution in [0.4, 0.5) is 13.2 Å². The van der Waals surface area contributed by atoms with Crippen LogP contribution in [-0.4, -0.2) is 40.1 Å². The Hall–Kier alpha value is -3.23. The number of para-hydroxylation sites is 2.